The van der Waals surface area contributed by atoms with Crippen molar-refractivity contribution in [1.82, 2.24) is 10.2 Å². The van der Waals surface area contributed by atoms with Crippen LogP contribution in [0.25, 0.3) is 0 Å². The van der Waals surface area contributed by atoms with E-state index in [9.17, 15) is 4.79 Å². The zero-order chi connectivity index (χ0) is 17.6. The molecule has 4 fully saturated rings. The van der Waals surface area contributed by atoms with Crippen LogP contribution in [0, 0.1) is 29.1 Å². The summed E-state index contributed by atoms with van der Waals surface area (Å²) in [6.45, 7) is 4.28. The quantitative estimate of drug-likeness (QED) is 0.903. The maximum absolute atomic E-state index is 13.9. The van der Waals surface area contributed by atoms with Gasteiger partial charge in [0.25, 0.3) is 0 Å². The van der Waals surface area contributed by atoms with Crippen molar-refractivity contribution in [1.29, 1.82) is 0 Å². The molecule has 2 aliphatic carbocycles. The van der Waals surface area contributed by atoms with Gasteiger partial charge in [-0.3, -0.25) is 4.79 Å². The summed E-state index contributed by atoms with van der Waals surface area (Å²) in [6.07, 6.45) is 8.39. The fourth-order valence-corrected chi connectivity index (χ4v) is 6.69. The molecule has 26 heavy (non-hydrogen) atoms. The molecule has 2 heterocycles. The maximum atomic E-state index is 13.9. The van der Waals surface area contributed by atoms with Crippen molar-refractivity contribution in [3.63, 3.8) is 0 Å². The number of carbonyl (C=O) groups excluding carboxylic acids is 1. The van der Waals surface area contributed by atoms with E-state index in [0.29, 0.717) is 11.8 Å². The van der Waals surface area contributed by atoms with Gasteiger partial charge in [0.2, 0.25) is 5.91 Å². The number of amides is 1. The molecule has 0 aromatic heterocycles. The van der Waals surface area contributed by atoms with E-state index in [4.69, 9.17) is 0 Å². The molecule has 0 spiro atoms. The Morgan fingerprint density at radius 2 is 1.77 bits per heavy atom. The Balaban J connectivity index is 1.39. The van der Waals surface area contributed by atoms with Gasteiger partial charge in [0, 0.05) is 13.1 Å². The molecule has 2 saturated heterocycles. The molecule has 2 saturated carbocycles. The summed E-state index contributed by atoms with van der Waals surface area (Å²) in [5.74, 6) is 3.49. The summed E-state index contributed by atoms with van der Waals surface area (Å²) in [5, 5.41) is 3.55. The van der Waals surface area contributed by atoms with Crippen LogP contribution in [-0.2, 0) is 11.2 Å². The summed E-state index contributed by atoms with van der Waals surface area (Å²) in [5.41, 5.74) is 1.24. The SMILES string of the molecule is O=C(N1CC[C@@H]2CNC[C@@H]2CC1)C1(Cc2ccccc2)CC2CCC1C2. The molecule has 3 unspecified atom stereocenters. The van der Waals surface area contributed by atoms with E-state index in [2.05, 4.69) is 40.5 Å². The predicted octanol–water partition coefficient (Wildman–Crippen LogP) is 3.49. The van der Waals surface area contributed by atoms with Gasteiger partial charge in [0.1, 0.15) is 0 Å². The van der Waals surface area contributed by atoms with Gasteiger partial charge in [-0.25, -0.2) is 0 Å². The second-order valence-corrected chi connectivity index (χ2v) is 9.45. The molecular formula is C23H32N2O. The number of nitrogens with zero attached hydrogens (tertiary/aromatic N) is 1. The predicted molar refractivity (Wildman–Crippen MR) is 104 cm³/mol. The number of likely N-dealkylation sites (tertiary alicyclic amines) is 1. The molecule has 1 N–H and O–H groups in total. The highest BCUT2D eigenvalue weighted by Gasteiger charge is 2.56. The molecule has 3 nitrogen and oxygen atoms in total. The van der Waals surface area contributed by atoms with Crippen LogP contribution in [-0.4, -0.2) is 37.0 Å². The summed E-state index contributed by atoms with van der Waals surface area (Å²) in [7, 11) is 0. The monoisotopic (exact) mass is 352 g/mol. The van der Waals surface area contributed by atoms with E-state index >= 15 is 0 Å². The van der Waals surface area contributed by atoms with Crippen molar-refractivity contribution < 1.29 is 4.79 Å². The van der Waals surface area contributed by atoms with Crippen LogP contribution in [0.15, 0.2) is 30.3 Å². The third kappa shape index (κ3) is 2.79. The fourth-order valence-electron chi connectivity index (χ4n) is 6.69. The normalized spacial score (nSPS) is 39.0. The fraction of sp³-hybridized carbons (Fsp3) is 0.696. The Morgan fingerprint density at radius 3 is 2.38 bits per heavy atom. The molecule has 3 heteroatoms. The van der Waals surface area contributed by atoms with E-state index in [1.54, 1.807) is 0 Å². The smallest absolute Gasteiger partial charge is 0.229 e. The highest BCUT2D eigenvalue weighted by Crippen LogP contribution is 2.58. The number of carbonyl (C=O) groups is 1. The topological polar surface area (TPSA) is 32.3 Å². The van der Waals surface area contributed by atoms with E-state index in [1.165, 1.54) is 37.7 Å². The van der Waals surface area contributed by atoms with Crippen molar-refractivity contribution in [2.75, 3.05) is 26.2 Å². The maximum Gasteiger partial charge on any atom is 0.229 e. The standard InChI is InChI=1S/C23H32N2O/c26-22(25-10-8-19-15-24-16-20(19)9-11-25)23(13-17-4-2-1-3-5-17)14-18-6-7-21(23)12-18/h1-5,18-21,24H,6-16H2/t18?,19-,20+,21?,23?. The Hall–Kier alpha value is -1.35. The van der Waals surface area contributed by atoms with Gasteiger partial charge in [-0.15, -0.1) is 0 Å². The summed E-state index contributed by atoms with van der Waals surface area (Å²) in [4.78, 5) is 16.2. The number of benzene rings is 1. The van der Waals surface area contributed by atoms with Crippen molar-refractivity contribution in [3.8, 4) is 0 Å². The lowest BCUT2D eigenvalue weighted by molar-refractivity contribution is -0.145. The molecule has 4 aliphatic rings. The molecule has 1 aromatic carbocycles. The zero-order valence-electron chi connectivity index (χ0n) is 15.8. The number of rotatable bonds is 3. The van der Waals surface area contributed by atoms with Crippen LogP contribution in [0.5, 0.6) is 0 Å². The molecule has 1 amide bonds. The highest BCUT2D eigenvalue weighted by atomic mass is 16.2. The van der Waals surface area contributed by atoms with Crippen LogP contribution in [0.3, 0.4) is 0 Å². The first-order chi connectivity index (χ1) is 12.7. The third-order valence-electron chi connectivity index (χ3n) is 8.07. The van der Waals surface area contributed by atoms with E-state index in [0.717, 1.165) is 56.8 Å². The average Bonchev–Trinajstić information content (AvgIpc) is 3.36. The molecule has 1 aromatic rings. The van der Waals surface area contributed by atoms with Gasteiger partial charge in [0.15, 0.2) is 0 Å². The molecule has 2 aliphatic heterocycles. The van der Waals surface area contributed by atoms with Crippen LogP contribution in [0.2, 0.25) is 0 Å². The van der Waals surface area contributed by atoms with Gasteiger partial charge in [-0.05, 0) is 80.8 Å². The summed E-state index contributed by atoms with van der Waals surface area (Å²) in [6, 6.07) is 10.8. The lowest BCUT2D eigenvalue weighted by Gasteiger charge is -2.40. The summed E-state index contributed by atoms with van der Waals surface area (Å²) < 4.78 is 0. The van der Waals surface area contributed by atoms with Crippen LogP contribution < -0.4 is 5.32 Å². The Bertz CT molecular complexity index is 645. The minimum Gasteiger partial charge on any atom is -0.342 e. The molecule has 5 atom stereocenters. The Labute approximate surface area is 157 Å². The Morgan fingerprint density at radius 1 is 1.04 bits per heavy atom. The molecule has 140 valence electrons. The van der Waals surface area contributed by atoms with Gasteiger partial charge in [-0.2, -0.15) is 0 Å². The van der Waals surface area contributed by atoms with E-state index in [-0.39, 0.29) is 5.41 Å². The van der Waals surface area contributed by atoms with Gasteiger partial charge >= 0.3 is 0 Å². The minimum atomic E-state index is -0.109. The van der Waals surface area contributed by atoms with Crippen LogP contribution >= 0.6 is 0 Å². The van der Waals surface area contributed by atoms with Crippen LogP contribution in [0.4, 0.5) is 0 Å². The third-order valence-corrected chi connectivity index (χ3v) is 8.07. The number of hydrogen-bond donors (Lipinski definition) is 1. The first-order valence-electron chi connectivity index (χ1n) is 10.8. The average molecular weight is 353 g/mol. The highest BCUT2D eigenvalue weighted by molar-refractivity contribution is 5.84. The largest absolute Gasteiger partial charge is 0.342 e. The number of fused-ring (bicyclic) bond motifs is 3. The minimum absolute atomic E-state index is 0.109. The molecule has 5 rings (SSSR count). The lowest BCUT2D eigenvalue weighted by Crippen LogP contribution is -2.48. The zero-order valence-corrected chi connectivity index (χ0v) is 15.8. The van der Waals surface area contributed by atoms with Crippen molar-refractivity contribution in [3.05, 3.63) is 35.9 Å². The van der Waals surface area contributed by atoms with E-state index < -0.39 is 0 Å². The Kier molecular flexibility index (Phi) is 4.31. The second-order valence-electron chi connectivity index (χ2n) is 9.45. The molecular weight excluding hydrogens is 320 g/mol. The van der Waals surface area contributed by atoms with Crippen molar-refractivity contribution >= 4 is 5.91 Å². The van der Waals surface area contributed by atoms with E-state index in [1.807, 2.05) is 0 Å². The van der Waals surface area contributed by atoms with Gasteiger partial charge < -0.3 is 10.2 Å². The number of nitrogens with one attached hydrogen (secondary N) is 1. The van der Waals surface area contributed by atoms with Gasteiger partial charge in [0.05, 0.1) is 5.41 Å². The van der Waals surface area contributed by atoms with Crippen molar-refractivity contribution in [2.45, 2.75) is 44.9 Å². The summed E-state index contributed by atoms with van der Waals surface area (Å²) >= 11 is 0. The van der Waals surface area contributed by atoms with Crippen LogP contribution in [0.1, 0.15) is 44.1 Å². The first kappa shape index (κ1) is 16.8. The molecule has 2 bridgehead atoms. The van der Waals surface area contributed by atoms with Gasteiger partial charge in [-0.1, -0.05) is 36.8 Å². The number of hydrogen-bond acceptors (Lipinski definition) is 2. The molecule has 0 radical (unpaired) electrons. The van der Waals surface area contributed by atoms with Crippen molar-refractivity contribution in [2.24, 2.45) is 29.1 Å². The first-order valence-corrected chi connectivity index (χ1v) is 10.8. The lowest BCUT2D eigenvalue weighted by atomic mass is 9.68. The second kappa shape index (κ2) is 6.67.